The van der Waals surface area contributed by atoms with Crippen molar-refractivity contribution in [2.24, 2.45) is 0 Å². The molecule has 1 saturated heterocycles. The Labute approximate surface area is 208 Å². The van der Waals surface area contributed by atoms with Crippen LogP contribution in [-0.4, -0.2) is 56.7 Å². The molecule has 2 aromatic heterocycles. The minimum atomic E-state index is -0.330. The number of benzene rings is 2. The lowest BCUT2D eigenvalue weighted by Crippen LogP contribution is -2.49. The van der Waals surface area contributed by atoms with Gasteiger partial charge in [0.1, 0.15) is 18.0 Å². The Morgan fingerprint density at radius 2 is 1.58 bits per heavy atom. The van der Waals surface area contributed by atoms with Gasteiger partial charge in [-0.1, -0.05) is 48.5 Å². The van der Waals surface area contributed by atoms with E-state index in [-0.39, 0.29) is 23.8 Å². The van der Waals surface area contributed by atoms with Crippen LogP contribution in [0.3, 0.4) is 0 Å². The quantitative estimate of drug-likeness (QED) is 0.417. The third-order valence-electron chi connectivity index (χ3n) is 6.05. The Balaban J connectivity index is 1.39. The number of amides is 1. The van der Waals surface area contributed by atoms with Crippen LogP contribution in [0.4, 0.5) is 5.69 Å². The monoisotopic (exact) mass is 482 g/mol. The van der Waals surface area contributed by atoms with Gasteiger partial charge in [0, 0.05) is 32.4 Å². The maximum atomic E-state index is 13.5. The van der Waals surface area contributed by atoms with E-state index < -0.39 is 0 Å². The second-order valence-electron chi connectivity index (χ2n) is 8.51. The summed E-state index contributed by atoms with van der Waals surface area (Å²) in [5.41, 5.74) is 2.99. The van der Waals surface area contributed by atoms with Gasteiger partial charge in [-0.25, -0.2) is 4.98 Å². The fraction of sp³-hybridized carbons (Fsp3) is 0.222. The topological polar surface area (TPSA) is 93.5 Å². The summed E-state index contributed by atoms with van der Waals surface area (Å²) in [5, 5.41) is 4.43. The second-order valence-corrected chi connectivity index (χ2v) is 8.51. The van der Waals surface area contributed by atoms with Crippen LogP contribution in [0.5, 0.6) is 5.75 Å². The molecule has 9 nitrogen and oxygen atoms in total. The van der Waals surface area contributed by atoms with Crippen molar-refractivity contribution < 1.29 is 9.53 Å². The molecule has 1 aliphatic rings. The Morgan fingerprint density at radius 3 is 2.25 bits per heavy atom. The molecule has 0 unspecified atom stereocenters. The first-order chi connectivity index (χ1) is 17.6. The molecule has 1 aliphatic heterocycles. The molecule has 0 radical (unpaired) electrons. The molecule has 0 atom stereocenters. The highest BCUT2D eigenvalue weighted by molar-refractivity contribution is 5.92. The van der Waals surface area contributed by atoms with Gasteiger partial charge < -0.3 is 14.5 Å². The van der Waals surface area contributed by atoms with E-state index >= 15 is 0 Å². The van der Waals surface area contributed by atoms with Gasteiger partial charge in [-0.2, -0.15) is 9.78 Å². The third kappa shape index (κ3) is 4.95. The summed E-state index contributed by atoms with van der Waals surface area (Å²) in [6.45, 7) is 4.11. The van der Waals surface area contributed by atoms with E-state index in [9.17, 15) is 9.59 Å². The number of anilines is 1. The van der Waals surface area contributed by atoms with Crippen molar-refractivity contribution in [3.05, 3.63) is 107 Å². The predicted octanol–water partition coefficient (Wildman–Crippen LogP) is 2.87. The summed E-state index contributed by atoms with van der Waals surface area (Å²) in [6, 6.07) is 19.0. The number of ether oxygens (including phenoxy) is 1. The number of hydrogen-bond acceptors (Lipinski definition) is 7. The molecule has 0 saturated carbocycles. The molecule has 0 spiro atoms. The van der Waals surface area contributed by atoms with Crippen molar-refractivity contribution in [2.75, 3.05) is 31.1 Å². The van der Waals surface area contributed by atoms with E-state index in [2.05, 4.69) is 15.1 Å². The predicted molar refractivity (Wildman–Crippen MR) is 135 cm³/mol. The number of hydrogen-bond donors (Lipinski definition) is 0. The second kappa shape index (κ2) is 10.4. The standard InChI is InChI=1S/C27H26N6O3/c1-20-16-29-23(17-28-20)26(34)32-14-12-31(13-15-32)24-18-30-33(22-10-6-3-7-11-22)27(35)25(24)36-19-21-8-4-2-5-9-21/h2-11,16-18H,12-15,19H2,1H3. The average Bonchev–Trinajstić information content (AvgIpc) is 2.93. The van der Waals surface area contributed by atoms with Crippen LogP contribution >= 0.6 is 0 Å². The first-order valence-electron chi connectivity index (χ1n) is 11.8. The normalized spacial score (nSPS) is 13.5. The third-order valence-corrected chi connectivity index (χ3v) is 6.05. The summed E-state index contributed by atoms with van der Waals surface area (Å²) in [6.07, 6.45) is 4.76. The average molecular weight is 483 g/mol. The molecule has 5 rings (SSSR count). The van der Waals surface area contributed by atoms with Crippen LogP contribution in [0.25, 0.3) is 5.69 Å². The van der Waals surface area contributed by atoms with Crippen molar-refractivity contribution in [1.29, 1.82) is 0 Å². The van der Waals surface area contributed by atoms with Crippen molar-refractivity contribution in [3.8, 4) is 11.4 Å². The summed E-state index contributed by atoms with van der Waals surface area (Å²) < 4.78 is 7.46. The Kier molecular flexibility index (Phi) is 6.70. The Hall–Kier alpha value is -4.53. The van der Waals surface area contributed by atoms with Gasteiger partial charge in [-0.15, -0.1) is 0 Å². The Morgan fingerprint density at radius 1 is 0.889 bits per heavy atom. The summed E-state index contributed by atoms with van der Waals surface area (Å²) >= 11 is 0. The van der Waals surface area contributed by atoms with Crippen LogP contribution in [-0.2, 0) is 6.61 Å². The fourth-order valence-corrected chi connectivity index (χ4v) is 4.09. The summed E-state index contributed by atoms with van der Waals surface area (Å²) in [7, 11) is 0. The van der Waals surface area contributed by atoms with Crippen LogP contribution in [0, 0.1) is 6.92 Å². The summed E-state index contributed by atoms with van der Waals surface area (Å²) in [5.74, 6) is 0.0854. The van der Waals surface area contributed by atoms with Gasteiger partial charge >= 0.3 is 5.56 Å². The van der Waals surface area contributed by atoms with Crippen LogP contribution < -0.4 is 15.2 Å². The zero-order valence-corrected chi connectivity index (χ0v) is 19.9. The molecule has 4 aromatic rings. The molecule has 2 aromatic carbocycles. The number of para-hydroxylation sites is 1. The number of carbonyl (C=O) groups is 1. The minimum Gasteiger partial charge on any atom is -0.481 e. The number of aromatic nitrogens is 4. The van der Waals surface area contributed by atoms with E-state index in [1.807, 2.05) is 72.5 Å². The molecule has 36 heavy (non-hydrogen) atoms. The van der Waals surface area contributed by atoms with Crippen molar-refractivity contribution in [3.63, 3.8) is 0 Å². The van der Waals surface area contributed by atoms with Crippen LogP contribution in [0.2, 0.25) is 0 Å². The number of carbonyl (C=O) groups excluding carboxylic acids is 1. The zero-order chi connectivity index (χ0) is 24.9. The molecule has 182 valence electrons. The highest BCUT2D eigenvalue weighted by Crippen LogP contribution is 2.26. The molecule has 3 heterocycles. The zero-order valence-electron chi connectivity index (χ0n) is 19.9. The van der Waals surface area contributed by atoms with E-state index in [0.29, 0.717) is 43.2 Å². The van der Waals surface area contributed by atoms with Crippen molar-refractivity contribution in [2.45, 2.75) is 13.5 Å². The van der Waals surface area contributed by atoms with E-state index in [1.54, 1.807) is 17.3 Å². The number of piperazine rings is 1. The molecule has 0 bridgehead atoms. The molecule has 0 aliphatic carbocycles. The largest absolute Gasteiger partial charge is 0.481 e. The maximum absolute atomic E-state index is 13.5. The first kappa shape index (κ1) is 23.2. The lowest BCUT2D eigenvalue weighted by atomic mass is 10.2. The smallest absolute Gasteiger partial charge is 0.316 e. The van der Waals surface area contributed by atoms with Crippen LogP contribution in [0.1, 0.15) is 21.7 Å². The lowest BCUT2D eigenvalue weighted by molar-refractivity contribution is 0.0740. The maximum Gasteiger partial charge on any atom is 0.316 e. The molecule has 9 heteroatoms. The molecular formula is C27H26N6O3. The van der Waals surface area contributed by atoms with Gasteiger partial charge in [-0.05, 0) is 24.6 Å². The van der Waals surface area contributed by atoms with Gasteiger partial charge in [0.2, 0.25) is 5.75 Å². The van der Waals surface area contributed by atoms with Crippen LogP contribution in [0.15, 0.2) is 84.0 Å². The Bertz CT molecular complexity index is 1380. The van der Waals surface area contributed by atoms with E-state index in [1.165, 1.54) is 10.9 Å². The van der Waals surface area contributed by atoms with Gasteiger partial charge in [-0.3, -0.25) is 14.6 Å². The van der Waals surface area contributed by atoms with E-state index in [0.717, 1.165) is 11.3 Å². The molecule has 0 N–H and O–H groups in total. The SMILES string of the molecule is Cc1cnc(C(=O)N2CCN(c3cnn(-c4ccccc4)c(=O)c3OCc3ccccc3)CC2)cn1. The van der Waals surface area contributed by atoms with Gasteiger partial charge in [0.25, 0.3) is 5.91 Å². The summed E-state index contributed by atoms with van der Waals surface area (Å²) in [4.78, 5) is 38.5. The highest BCUT2D eigenvalue weighted by Gasteiger charge is 2.26. The highest BCUT2D eigenvalue weighted by atomic mass is 16.5. The van der Waals surface area contributed by atoms with E-state index in [4.69, 9.17) is 4.74 Å². The molecule has 1 amide bonds. The number of aryl methyl sites for hydroxylation is 1. The molecule has 1 fully saturated rings. The number of nitrogens with zero attached hydrogens (tertiary/aromatic N) is 6. The first-order valence-corrected chi connectivity index (χ1v) is 11.8. The minimum absolute atomic E-state index is 0.152. The fourth-order valence-electron chi connectivity index (χ4n) is 4.09. The lowest BCUT2D eigenvalue weighted by Gasteiger charge is -2.36. The van der Waals surface area contributed by atoms with Crippen molar-refractivity contribution in [1.82, 2.24) is 24.6 Å². The van der Waals surface area contributed by atoms with Gasteiger partial charge in [0.15, 0.2) is 0 Å². The van der Waals surface area contributed by atoms with Crippen molar-refractivity contribution >= 4 is 11.6 Å². The van der Waals surface area contributed by atoms with Gasteiger partial charge in [0.05, 0.1) is 23.8 Å². The number of rotatable bonds is 6. The molecular weight excluding hydrogens is 456 g/mol.